The van der Waals surface area contributed by atoms with Crippen molar-refractivity contribution in [3.8, 4) is 5.75 Å². The molecule has 0 bridgehead atoms. The van der Waals surface area contributed by atoms with Crippen LogP contribution in [0.4, 0.5) is 0 Å². The second kappa shape index (κ2) is 9.02. The van der Waals surface area contributed by atoms with E-state index in [1.54, 1.807) is 0 Å². The van der Waals surface area contributed by atoms with Gasteiger partial charge in [-0.25, -0.2) is 0 Å². The van der Waals surface area contributed by atoms with Crippen LogP contribution in [0.1, 0.15) is 128 Å². The highest BCUT2D eigenvalue weighted by atomic mass is 32.2. The maximum absolute atomic E-state index is 13.5. The summed E-state index contributed by atoms with van der Waals surface area (Å²) in [7, 11) is 0. The van der Waals surface area contributed by atoms with Gasteiger partial charge in [0.25, 0.3) is 0 Å². The van der Waals surface area contributed by atoms with Crippen molar-refractivity contribution in [2.75, 3.05) is 0 Å². The molecule has 2 fully saturated rings. The number of hydrogen-bond acceptors (Lipinski definition) is 1. The van der Waals surface area contributed by atoms with Crippen LogP contribution in [-0.4, -0.2) is 4.75 Å². The van der Waals surface area contributed by atoms with Crippen LogP contribution in [0.25, 0.3) is 0 Å². The molecular weight excluding hydrogens is 360 g/mol. The van der Waals surface area contributed by atoms with Gasteiger partial charge in [-0.2, -0.15) is 0 Å². The van der Waals surface area contributed by atoms with Gasteiger partial charge in [0.2, 0.25) is 0 Å². The summed E-state index contributed by atoms with van der Waals surface area (Å²) in [6.07, 6.45) is 13.8. The molecular formula is C26H41OS. The molecule has 2 aliphatic rings. The molecule has 28 heavy (non-hydrogen) atoms. The monoisotopic (exact) mass is 401 g/mol. The third kappa shape index (κ3) is 5.94. The molecule has 2 saturated carbocycles. The van der Waals surface area contributed by atoms with Gasteiger partial charge in [-0.15, -0.1) is 11.8 Å². The summed E-state index contributed by atoms with van der Waals surface area (Å²) >= 11 is 2.00. The number of benzene rings is 1. The first-order valence-corrected chi connectivity index (χ1v) is 12.5. The molecule has 2 heteroatoms. The first-order valence-electron chi connectivity index (χ1n) is 11.7. The third-order valence-corrected chi connectivity index (χ3v) is 7.73. The largest absolute Gasteiger partial charge is 0.289 e. The Morgan fingerprint density at radius 3 is 1.61 bits per heavy atom. The minimum absolute atomic E-state index is 0.177. The summed E-state index contributed by atoms with van der Waals surface area (Å²) in [6, 6.07) is 4.58. The number of rotatable bonds is 5. The van der Waals surface area contributed by atoms with Crippen LogP contribution in [-0.2, 0) is 5.11 Å². The topological polar surface area (TPSA) is 19.9 Å². The quantitative estimate of drug-likeness (QED) is 0.450. The molecule has 1 aromatic rings. The van der Waals surface area contributed by atoms with Crippen LogP contribution < -0.4 is 0 Å². The molecule has 2 aliphatic carbocycles. The fourth-order valence-electron chi connectivity index (χ4n) is 5.77. The molecule has 0 heterocycles. The van der Waals surface area contributed by atoms with Crippen LogP contribution in [0.5, 0.6) is 5.75 Å². The van der Waals surface area contributed by atoms with Gasteiger partial charge in [0.1, 0.15) is 0 Å². The molecule has 0 saturated heterocycles. The first-order chi connectivity index (χ1) is 13.1. The van der Waals surface area contributed by atoms with Gasteiger partial charge < -0.3 is 0 Å². The maximum atomic E-state index is 13.5. The van der Waals surface area contributed by atoms with E-state index in [9.17, 15) is 5.11 Å². The van der Waals surface area contributed by atoms with Crippen LogP contribution in [0.2, 0.25) is 0 Å². The molecule has 0 aliphatic heterocycles. The van der Waals surface area contributed by atoms with Crippen LogP contribution in [0.15, 0.2) is 17.0 Å². The van der Waals surface area contributed by atoms with Crippen molar-refractivity contribution in [3.63, 3.8) is 0 Å². The normalized spacial score (nSPS) is 20.5. The zero-order valence-corrected chi connectivity index (χ0v) is 19.7. The molecule has 1 radical (unpaired) electrons. The Hall–Kier alpha value is -0.630. The Bertz CT molecular complexity index is 604. The summed E-state index contributed by atoms with van der Waals surface area (Å²) in [6.45, 7) is 11.7. The summed E-state index contributed by atoms with van der Waals surface area (Å²) in [4.78, 5) is 1.34. The molecule has 0 aromatic heterocycles. The lowest BCUT2D eigenvalue weighted by Crippen LogP contribution is -2.23. The van der Waals surface area contributed by atoms with Crippen LogP contribution in [0.3, 0.4) is 0 Å². The van der Waals surface area contributed by atoms with Gasteiger partial charge in [0, 0.05) is 20.8 Å². The molecule has 0 N–H and O–H groups in total. The van der Waals surface area contributed by atoms with E-state index in [0.717, 1.165) is 11.1 Å². The van der Waals surface area contributed by atoms with Gasteiger partial charge in [0.05, 0.1) is 0 Å². The summed E-state index contributed by atoms with van der Waals surface area (Å²) in [5.41, 5.74) is 2.61. The number of hydrogen-bond donors (Lipinski definition) is 0. The SMILES string of the molecule is CC(C)(C)CC(C)(C)Sc1cc(C2CCCCC2)c([O])c(C2CCCCC2)c1. The molecule has 0 atom stereocenters. The molecule has 1 nitrogen and oxygen atoms in total. The smallest absolute Gasteiger partial charge is 0.185 e. The van der Waals surface area contributed by atoms with Crippen molar-refractivity contribution in [3.05, 3.63) is 23.3 Å². The van der Waals surface area contributed by atoms with Crippen molar-refractivity contribution in [1.82, 2.24) is 0 Å². The lowest BCUT2D eigenvalue weighted by molar-refractivity contribution is 0.322. The summed E-state index contributed by atoms with van der Waals surface area (Å²) < 4.78 is 0.177. The highest BCUT2D eigenvalue weighted by Crippen LogP contribution is 2.48. The molecule has 157 valence electrons. The summed E-state index contributed by atoms with van der Waals surface area (Å²) in [5.74, 6) is 1.39. The standard InChI is InChI=1S/C26H41OS/c1-25(2,3)18-26(4,5)28-21-16-22(19-12-8-6-9-13-19)24(27)23(17-21)20-14-10-7-11-15-20/h16-17,19-20H,6-15,18H2,1-5H3. The molecule has 0 spiro atoms. The average molecular weight is 402 g/mol. The fourth-order valence-corrected chi connectivity index (χ4v) is 7.29. The summed E-state index contributed by atoms with van der Waals surface area (Å²) in [5, 5.41) is 13.5. The zero-order valence-electron chi connectivity index (χ0n) is 18.9. The van der Waals surface area contributed by atoms with E-state index in [0.29, 0.717) is 23.0 Å². The predicted octanol–water partition coefficient (Wildman–Crippen LogP) is 9.23. The lowest BCUT2D eigenvalue weighted by Gasteiger charge is -2.33. The Balaban J connectivity index is 1.94. The van der Waals surface area contributed by atoms with Crippen molar-refractivity contribution in [2.45, 2.75) is 127 Å². The van der Waals surface area contributed by atoms with Crippen molar-refractivity contribution in [2.24, 2.45) is 5.41 Å². The molecule has 0 unspecified atom stereocenters. The van der Waals surface area contributed by atoms with Crippen LogP contribution in [0, 0.1) is 5.41 Å². The van der Waals surface area contributed by atoms with Crippen molar-refractivity contribution < 1.29 is 5.11 Å². The Kier molecular flexibility index (Phi) is 7.11. The average Bonchev–Trinajstić information content (AvgIpc) is 2.62. The van der Waals surface area contributed by atoms with E-state index in [1.807, 2.05) is 11.8 Å². The van der Waals surface area contributed by atoms with E-state index < -0.39 is 0 Å². The van der Waals surface area contributed by atoms with Crippen molar-refractivity contribution in [1.29, 1.82) is 0 Å². The molecule has 1 aromatic carbocycles. The second-order valence-corrected chi connectivity index (χ2v) is 13.0. The third-order valence-electron chi connectivity index (χ3n) is 6.56. The van der Waals surface area contributed by atoms with Gasteiger partial charge in [0.15, 0.2) is 5.75 Å². The van der Waals surface area contributed by atoms with Gasteiger partial charge in [-0.3, -0.25) is 5.11 Å². The minimum Gasteiger partial charge on any atom is -0.289 e. The maximum Gasteiger partial charge on any atom is 0.185 e. The Labute approximate surface area is 178 Å². The molecule has 3 rings (SSSR count). The highest BCUT2D eigenvalue weighted by Gasteiger charge is 2.30. The van der Waals surface area contributed by atoms with E-state index >= 15 is 0 Å². The van der Waals surface area contributed by atoms with Crippen molar-refractivity contribution >= 4 is 11.8 Å². The van der Waals surface area contributed by atoms with Crippen LogP contribution >= 0.6 is 11.8 Å². The Morgan fingerprint density at radius 1 is 0.786 bits per heavy atom. The number of thioether (sulfide) groups is 1. The van der Waals surface area contributed by atoms with E-state index in [2.05, 4.69) is 46.8 Å². The van der Waals surface area contributed by atoms with E-state index in [1.165, 1.54) is 75.5 Å². The second-order valence-electron chi connectivity index (χ2n) is 11.2. The minimum atomic E-state index is 0.177. The first kappa shape index (κ1) is 22.1. The highest BCUT2D eigenvalue weighted by molar-refractivity contribution is 8.00. The zero-order chi connectivity index (χ0) is 20.4. The lowest BCUT2D eigenvalue weighted by atomic mass is 9.79. The molecule has 0 amide bonds. The van der Waals surface area contributed by atoms with Gasteiger partial charge in [-0.1, -0.05) is 73.1 Å². The Morgan fingerprint density at radius 2 is 1.21 bits per heavy atom. The van der Waals surface area contributed by atoms with E-state index in [4.69, 9.17) is 0 Å². The van der Waals surface area contributed by atoms with Gasteiger partial charge in [-0.05, 0) is 61.5 Å². The fraction of sp³-hybridized carbons (Fsp3) is 0.769. The van der Waals surface area contributed by atoms with E-state index in [-0.39, 0.29) is 4.75 Å². The van der Waals surface area contributed by atoms with Gasteiger partial charge >= 0.3 is 0 Å². The predicted molar refractivity (Wildman–Crippen MR) is 122 cm³/mol.